The summed E-state index contributed by atoms with van der Waals surface area (Å²) in [6, 6.07) is 0. The Kier molecular flexibility index (Phi) is 5.80. The van der Waals surface area contributed by atoms with Gasteiger partial charge in [-0.05, 0) is 24.6 Å². The molecule has 0 saturated heterocycles. The molecule has 2 rings (SSSR count). The van der Waals surface area contributed by atoms with E-state index in [4.69, 9.17) is 12.2 Å². The molecule has 1 saturated carbocycles. The van der Waals surface area contributed by atoms with Crippen LogP contribution in [0.25, 0.3) is 0 Å². The number of rotatable bonds is 4. The van der Waals surface area contributed by atoms with Gasteiger partial charge in [-0.2, -0.15) is 13.2 Å². The fourth-order valence-electron chi connectivity index (χ4n) is 2.47. The Labute approximate surface area is 131 Å². The van der Waals surface area contributed by atoms with Gasteiger partial charge in [0.25, 0.3) is 0 Å². The number of hydrogen-bond donors (Lipinski definition) is 2. The Hall–Kier alpha value is -0.890. The van der Waals surface area contributed by atoms with Gasteiger partial charge in [0.15, 0.2) is 15.9 Å². The zero-order valence-electron chi connectivity index (χ0n) is 11.5. The highest BCUT2D eigenvalue weighted by Crippen LogP contribution is 2.31. The van der Waals surface area contributed by atoms with E-state index in [1.54, 1.807) is 0 Å². The second-order valence-corrected chi connectivity index (χ2v) is 6.48. The maximum absolute atomic E-state index is 12.4. The highest BCUT2D eigenvalue weighted by atomic mass is 32.1. The van der Waals surface area contributed by atoms with Crippen molar-refractivity contribution in [2.75, 3.05) is 11.9 Å². The van der Waals surface area contributed by atoms with E-state index in [9.17, 15) is 13.2 Å². The Morgan fingerprint density at radius 2 is 2.05 bits per heavy atom. The van der Waals surface area contributed by atoms with Crippen molar-refractivity contribution in [3.8, 4) is 0 Å². The van der Waals surface area contributed by atoms with Crippen LogP contribution in [-0.4, -0.2) is 16.6 Å². The molecule has 0 aromatic carbocycles. The van der Waals surface area contributed by atoms with Crippen LogP contribution in [0.5, 0.6) is 0 Å². The Morgan fingerprint density at radius 1 is 1.33 bits per heavy atom. The molecule has 0 amide bonds. The fraction of sp³-hybridized carbons (Fsp3) is 0.692. The number of thiocarbonyl (C=S) groups is 1. The van der Waals surface area contributed by atoms with Crippen LogP contribution in [0, 0.1) is 5.92 Å². The van der Waals surface area contributed by atoms with Gasteiger partial charge in [0, 0.05) is 11.9 Å². The maximum atomic E-state index is 12.4. The first-order valence-corrected chi connectivity index (χ1v) is 8.31. The lowest BCUT2D eigenvalue weighted by Gasteiger charge is -2.21. The normalized spacial score (nSPS) is 16.7. The fourth-order valence-corrected chi connectivity index (χ4v) is 3.45. The molecule has 1 fully saturated rings. The predicted octanol–water partition coefficient (Wildman–Crippen LogP) is 4.42. The molecule has 0 radical (unpaired) electrons. The molecule has 3 nitrogen and oxygen atoms in total. The van der Waals surface area contributed by atoms with E-state index in [0.717, 1.165) is 35.6 Å². The lowest BCUT2D eigenvalue weighted by Crippen LogP contribution is -2.30. The largest absolute Gasteiger partial charge is 0.434 e. The Bertz CT molecular complexity index is 467. The van der Waals surface area contributed by atoms with Gasteiger partial charge < -0.3 is 10.6 Å². The van der Waals surface area contributed by atoms with Gasteiger partial charge in [0.05, 0.1) is 0 Å². The number of halogens is 3. The van der Waals surface area contributed by atoms with Gasteiger partial charge >= 0.3 is 6.18 Å². The van der Waals surface area contributed by atoms with Crippen LogP contribution in [0.1, 0.15) is 44.2 Å². The van der Waals surface area contributed by atoms with Crippen molar-refractivity contribution in [3.63, 3.8) is 0 Å². The third-order valence-corrected chi connectivity index (χ3v) is 4.58. The Balaban J connectivity index is 1.70. The molecule has 0 unspecified atom stereocenters. The van der Waals surface area contributed by atoms with Gasteiger partial charge in [-0.25, -0.2) is 4.98 Å². The molecule has 1 aliphatic carbocycles. The van der Waals surface area contributed by atoms with E-state index in [2.05, 4.69) is 15.6 Å². The van der Waals surface area contributed by atoms with Gasteiger partial charge in [-0.15, -0.1) is 11.3 Å². The smallest absolute Gasteiger partial charge is 0.362 e. The average molecular weight is 337 g/mol. The minimum atomic E-state index is -4.41. The summed E-state index contributed by atoms with van der Waals surface area (Å²) in [5, 5.41) is 7.20. The third-order valence-electron chi connectivity index (χ3n) is 3.58. The van der Waals surface area contributed by atoms with E-state index in [1.165, 1.54) is 32.1 Å². The highest BCUT2D eigenvalue weighted by Gasteiger charge is 2.33. The summed E-state index contributed by atoms with van der Waals surface area (Å²) in [4.78, 5) is 3.47. The first-order valence-electron chi connectivity index (χ1n) is 7.03. The molecule has 0 bridgehead atoms. The van der Waals surface area contributed by atoms with Crippen LogP contribution < -0.4 is 10.6 Å². The summed E-state index contributed by atoms with van der Waals surface area (Å²) in [5.41, 5.74) is -0.889. The van der Waals surface area contributed by atoms with E-state index in [0.29, 0.717) is 5.11 Å². The van der Waals surface area contributed by atoms with E-state index in [-0.39, 0.29) is 5.13 Å². The lowest BCUT2D eigenvalue weighted by atomic mass is 9.87. The van der Waals surface area contributed by atoms with Gasteiger partial charge in [-0.1, -0.05) is 32.1 Å². The van der Waals surface area contributed by atoms with Crippen LogP contribution in [0.15, 0.2) is 5.38 Å². The van der Waals surface area contributed by atoms with Crippen molar-refractivity contribution < 1.29 is 13.2 Å². The van der Waals surface area contributed by atoms with E-state index < -0.39 is 11.9 Å². The molecule has 0 spiro atoms. The van der Waals surface area contributed by atoms with E-state index in [1.807, 2.05) is 0 Å². The van der Waals surface area contributed by atoms with Crippen LogP contribution in [0.2, 0.25) is 0 Å². The van der Waals surface area contributed by atoms with E-state index >= 15 is 0 Å². The minimum Gasteiger partial charge on any atom is -0.362 e. The maximum Gasteiger partial charge on any atom is 0.434 e. The zero-order valence-corrected chi connectivity index (χ0v) is 13.1. The SMILES string of the molecule is FC(F)(F)c1csc(NC(=S)NCCC2CCCCC2)n1. The number of aromatic nitrogens is 1. The number of alkyl halides is 3. The third kappa shape index (κ3) is 5.43. The van der Waals surface area contributed by atoms with Crippen LogP contribution in [-0.2, 0) is 6.18 Å². The van der Waals surface area contributed by atoms with Gasteiger partial charge in [0.2, 0.25) is 0 Å². The van der Waals surface area contributed by atoms with Crippen molar-refractivity contribution in [1.29, 1.82) is 0 Å². The molecule has 118 valence electrons. The summed E-state index contributed by atoms with van der Waals surface area (Å²) < 4.78 is 37.2. The standard InChI is InChI=1S/C13H18F3N3S2/c14-13(15,16)10-8-21-12(18-10)19-11(20)17-7-6-9-4-2-1-3-5-9/h8-9H,1-7H2,(H2,17,18,19,20). The minimum absolute atomic E-state index is 0.164. The number of anilines is 1. The van der Waals surface area contributed by atoms with Crippen molar-refractivity contribution in [1.82, 2.24) is 10.3 Å². The lowest BCUT2D eigenvalue weighted by molar-refractivity contribution is -0.140. The molecule has 21 heavy (non-hydrogen) atoms. The molecule has 0 atom stereocenters. The van der Waals surface area contributed by atoms with Gasteiger partial charge in [0.1, 0.15) is 0 Å². The molecular formula is C13H18F3N3S2. The van der Waals surface area contributed by atoms with Crippen molar-refractivity contribution in [2.45, 2.75) is 44.7 Å². The average Bonchev–Trinajstić information content (AvgIpc) is 2.88. The van der Waals surface area contributed by atoms with Crippen molar-refractivity contribution in [3.05, 3.63) is 11.1 Å². The summed E-state index contributed by atoms with van der Waals surface area (Å²) in [6.45, 7) is 0.744. The zero-order chi connectivity index (χ0) is 15.3. The van der Waals surface area contributed by atoms with Crippen LogP contribution in [0.4, 0.5) is 18.3 Å². The molecule has 1 aromatic heterocycles. The number of thiazole rings is 1. The number of nitrogens with zero attached hydrogens (tertiary/aromatic N) is 1. The predicted molar refractivity (Wildman–Crippen MR) is 82.5 cm³/mol. The Morgan fingerprint density at radius 3 is 2.67 bits per heavy atom. The monoisotopic (exact) mass is 337 g/mol. The van der Waals surface area contributed by atoms with Gasteiger partial charge in [-0.3, -0.25) is 0 Å². The molecule has 1 aromatic rings. The topological polar surface area (TPSA) is 37.0 Å². The van der Waals surface area contributed by atoms with Crippen LogP contribution >= 0.6 is 23.6 Å². The van der Waals surface area contributed by atoms with Crippen molar-refractivity contribution in [2.24, 2.45) is 5.92 Å². The molecule has 1 aliphatic rings. The highest BCUT2D eigenvalue weighted by molar-refractivity contribution is 7.80. The number of hydrogen-bond acceptors (Lipinski definition) is 3. The quantitative estimate of drug-likeness (QED) is 0.798. The second kappa shape index (κ2) is 7.40. The van der Waals surface area contributed by atoms with Crippen LogP contribution in [0.3, 0.4) is 0 Å². The first-order chi connectivity index (χ1) is 9.95. The molecule has 0 aliphatic heterocycles. The molecule has 8 heteroatoms. The first kappa shape index (κ1) is 16.5. The summed E-state index contributed by atoms with van der Waals surface area (Å²) in [7, 11) is 0. The summed E-state index contributed by atoms with van der Waals surface area (Å²) in [6.07, 6.45) is 3.10. The summed E-state index contributed by atoms with van der Waals surface area (Å²) in [5.74, 6) is 0.741. The number of nitrogens with one attached hydrogen (secondary N) is 2. The molecule has 2 N–H and O–H groups in total. The second-order valence-electron chi connectivity index (χ2n) is 5.21. The summed E-state index contributed by atoms with van der Waals surface area (Å²) >= 11 is 5.97. The molecular weight excluding hydrogens is 319 g/mol. The molecule has 1 heterocycles. The van der Waals surface area contributed by atoms with Crippen molar-refractivity contribution >= 4 is 33.8 Å².